The number of nitrogens with zero attached hydrogens (tertiary/aromatic N) is 2. The van der Waals surface area contributed by atoms with Gasteiger partial charge in [-0.2, -0.15) is 13.2 Å². The number of rotatable bonds is 4. The Labute approximate surface area is 114 Å². The second kappa shape index (κ2) is 5.82. The molecule has 0 aromatic carbocycles. The number of nitrogens with one attached hydrogen (secondary N) is 2. The summed E-state index contributed by atoms with van der Waals surface area (Å²) >= 11 is 0. The lowest BCUT2D eigenvalue weighted by molar-refractivity contribution is -0.143. The van der Waals surface area contributed by atoms with E-state index in [1.807, 2.05) is 0 Å². The molecule has 1 aliphatic rings. The summed E-state index contributed by atoms with van der Waals surface area (Å²) in [5, 5.41) is 3.01. The number of anilines is 1. The number of alkyl halides is 3. The number of aryl methyl sites for hydroxylation is 1. The molecule has 0 amide bonds. The quantitative estimate of drug-likeness (QED) is 0.879. The van der Waals surface area contributed by atoms with Crippen molar-refractivity contribution in [3.05, 3.63) is 22.2 Å². The van der Waals surface area contributed by atoms with Crippen molar-refractivity contribution in [3.63, 3.8) is 0 Å². The number of hydrogen-bond donors (Lipinski definition) is 2. The Morgan fingerprint density at radius 3 is 2.95 bits per heavy atom. The fourth-order valence-electron chi connectivity index (χ4n) is 2.40. The summed E-state index contributed by atoms with van der Waals surface area (Å²) in [5.41, 5.74) is -0.245. The highest BCUT2D eigenvalue weighted by Gasteiger charge is 2.34. The van der Waals surface area contributed by atoms with Crippen LogP contribution in [-0.4, -0.2) is 47.2 Å². The van der Waals surface area contributed by atoms with E-state index in [0.717, 1.165) is 0 Å². The second-order valence-corrected chi connectivity index (χ2v) is 5.10. The zero-order valence-electron chi connectivity index (χ0n) is 11.1. The smallest absolute Gasteiger partial charge is 0.370 e. The molecule has 8 heteroatoms. The highest BCUT2D eigenvalue weighted by Crippen LogP contribution is 2.22. The number of aromatic amines is 1. The molecule has 2 rings (SSSR count). The highest BCUT2D eigenvalue weighted by molar-refractivity contribution is 5.32. The monoisotopic (exact) mass is 290 g/mol. The van der Waals surface area contributed by atoms with E-state index in [2.05, 4.69) is 15.3 Å². The van der Waals surface area contributed by atoms with Gasteiger partial charge in [0.15, 0.2) is 0 Å². The Bertz CT molecular complexity index is 514. The molecular formula is C12H17F3N4O. The zero-order valence-corrected chi connectivity index (χ0v) is 11.1. The Hall–Kier alpha value is -1.57. The van der Waals surface area contributed by atoms with Crippen LogP contribution < -0.4 is 10.9 Å². The second-order valence-electron chi connectivity index (χ2n) is 5.10. The van der Waals surface area contributed by atoms with Crippen LogP contribution in [0.5, 0.6) is 0 Å². The Morgan fingerprint density at radius 1 is 1.55 bits per heavy atom. The molecule has 0 saturated carbocycles. The molecule has 1 atom stereocenters. The van der Waals surface area contributed by atoms with Crippen molar-refractivity contribution >= 4 is 5.82 Å². The third-order valence-electron chi connectivity index (χ3n) is 3.20. The van der Waals surface area contributed by atoms with Crippen molar-refractivity contribution < 1.29 is 13.2 Å². The van der Waals surface area contributed by atoms with E-state index in [-0.39, 0.29) is 11.5 Å². The maximum Gasteiger partial charge on any atom is 0.401 e. The van der Waals surface area contributed by atoms with Crippen LogP contribution in [0.4, 0.5) is 19.0 Å². The van der Waals surface area contributed by atoms with E-state index in [1.165, 1.54) is 11.0 Å². The molecule has 0 radical (unpaired) electrons. The Morgan fingerprint density at radius 2 is 2.30 bits per heavy atom. The molecule has 2 heterocycles. The van der Waals surface area contributed by atoms with Crippen LogP contribution in [0.3, 0.4) is 0 Å². The maximum absolute atomic E-state index is 12.3. The van der Waals surface area contributed by atoms with Crippen LogP contribution in [0.1, 0.15) is 12.2 Å². The van der Waals surface area contributed by atoms with Crippen LogP contribution in [0, 0.1) is 12.8 Å². The summed E-state index contributed by atoms with van der Waals surface area (Å²) in [6.07, 6.45) is -3.43. The van der Waals surface area contributed by atoms with Gasteiger partial charge in [-0.25, -0.2) is 4.98 Å². The lowest BCUT2D eigenvalue weighted by Gasteiger charge is -2.18. The van der Waals surface area contributed by atoms with Crippen LogP contribution >= 0.6 is 0 Å². The Kier molecular flexibility index (Phi) is 4.32. The number of halogens is 3. The minimum atomic E-state index is -4.15. The molecule has 0 spiro atoms. The van der Waals surface area contributed by atoms with Crippen molar-refractivity contribution in [2.45, 2.75) is 19.5 Å². The molecule has 20 heavy (non-hydrogen) atoms. The van der Waals surface area contributed by atoms with Gasteiger partial charge in [0, 0.05) is 19.2 Å². The van der Waals surface area contributed by atoms with Crippen molar-refractivity contribution in [1.82, 2.24) is 14.9 Å². The molecule has 0 aliphatic carbocycles. The van der Waals surface area contributed by atoms with Crippen LogP contribution in [0.25, 0.3) is 0 Å². The summed E-state index contributed by atoms with van der Waals surface area (Å²) in [4.78, 5) is 19.3. The van der Waals surface area contributed by atoms with Gasteiger partial charge in [-0.15, -0.1) is 0 Å². The first-order chi connectivity index (χ1) is 9.32. The van der Waals surface area contributed by atoms with Crippen LogP contribution in [0.2, 0.25) is 0 Å². The van der Waals surface area contributed by atoms with E-state index in [9.17, 15) is 18.0 Å². The van der Waals surface area contributed by atoms with Gasteiger partial charge in [0.25, 0.3) is 5.56 Å². The van der Waals surface area contributed by atoms with Gasteiger partial charge in [-0.1, -0.05) is 0 Å². The summed E-state index contributed by atoms with van der Waals surface area (Å²) < 4.78 is 36.8. The van der Waals surface area contributed by atoms with Crippen molar-refractivity contribution in [3.8, 4) is 0 Å². The number of likely N-dealkylation sites (tertiary alicyclic amines) is 1. The Balaban J connectivity index is 1.82. The van der Waals surface area contributed by atoms with Gasteiger partial charge in [-0.3, -0.25) is 9.69 Å². The molecule has 1 fully saturated rings. The highest BCUT2D eigenvalue weighted by atomic mass is 19.4. The molecule has 1 aliphatic heterocycles. The largest absolute Gasteiger partial charge is 0.401 e. The normalized spacial score (nSPS) is 20.3. The first-order valence-corrected chi connectivity index (χ1v) is 6.43. The average Bonchev–Trinajstić information content (AvgIpc) is 2.70. The molecule has 1 aromatic heterocycles. The molecule has 2 N–H and O–H groups in total. The summed E-state index contributed by atoms with van der Waals surface area (Å²) in [6, 6.07) is 1.34. The number of H-pyrrole nitrogens is 1. The molecule has 112 valence electrons. The predicted molar refractivity (Wildman–Crippen MR) is 68.7 cm³/mol. The lowest BCUT2D eigenvalue weighted by atomic mass is 10.1. The van der Waals surface area contributed by atoms with E-state index in [1.54, 1.807) is 6.92 Å². The van der Waals surface area contributed by atoms with Gasteiger partial charge in [-0.05, 0) is 25.8 Å². The van der Waals surface area contributed by atoms with Crippen LogP contribution in [-0.2, 0) is 0 Å². The molecule has 1 aromatic rings. The van der Waals surface area contributed by atoms with E-state index in [0.29, 0.717) is 37.7 Å². The first kappa shape index (κ1) is 14.8. The van der Waals surface area contributed by atoms with Crippen molar-refractivity contribution in [2.24, 2.45) is 5.92 Å². The van der Waals surface area contributed by atoms with Crippen molar-refractivity contribution in [2.75, 3.05) is 31.5 Å². The lowest BCUT2D eigenvalue weighted by Crippen LogP contribution is -2.33. The van der Waals surface area contributed by atoms with E-state index >= 15 is 0 Å². The molecule has 1 saturated heterocycles. The third kappa shape index (κ3) is 4.52. The fraction of sp³-hybridized carbons (Fsp3) is 0.667. The standard InChI is InChI=1S/C12H17F3N4O/c1-8-17-10(4-11(20)18-8)16-5-9-2-3-19(6-9)7-12(13,14)15/h4,9H,2-3,5-7H2,1H3,(H2,16,17,18,20). The van der Waals surface area contributed by atoms with E-state index in [4.69, 9.17) is 0 Å². The fourth-order valence-corrected chi connectivity index (χ4v) is 2.40. The topological polar surface area (TPSA) is 61.0 Å². The minimum Gasteiger partial charge on any atom is -0.370 e. The molecule has 0 bridgehead atoms. The van der Waals surface area contributed by atoms with Crippen LogP contribution in [0.15, 0.2) is 10.9 Å². The first-order valence-electron chi connectivity index (χ1n) is 6.43. The van der Waals surface area contributed by atoms with Crippen molar-refractivity contribution in [1.29, 1.82) is 0 Å². The van der Waals surface area contributed by atoms with Gasteiger partial charge >= 0.3 is 6.18 Å². The number of aromatic nitrogens is 2. The molecule has 5 nitrogen and oxygen atoms in total. The SMILES string of the molecule is Cc1nc(NCC2CCN(CC(F)(F)F)C2)cc(=O)[nH]1. The average molecular weight is 290 g/mol. The van der Waals surface area contributed by atoms with E-state index < -0.39 is 12.7 Å². The minimum absolute atomic E-state index is 0.138. The molecule has 1 unspecified atom stereocenters. The maximum atomic E-state index is 12.3. The van der Waals surface area contributed by atoms with Gasteiger partial charge < -0.3 is 10.3 Å². The zero-order chi connectivity index (χ0) is 14.8. The number of hydrogen-bond acceptors (Lipinski definition) is 4. The summed E-state index contributed by atoms with van der Waals surface area (Å²) in [7, 11) is 0. The molecular weight excluding hydrogens is 273 g/mol. The summed E-state index contributed by atoms with van der Waals surface area (Å²) in [6.45, 7) is 2.20. The van der Waals surface area contributed by atoms with Gasteiger partial charge in [0.05, 0.1) is 6.54 Å². The van der Waals surface area contributed by atoms with Gasteiger partial charge in [0.1, 0.15) is 11.6 Å². The summed E-state index contributed by atoms with van der Waals surface area (Å²) in [5.74, 6) is 1.10. The predicted octanol–water partition coefficient (Wildman–Crippen LogP) is 1.37. The van der Waals surface area contributed by atoms with Gasteiger partial charge in [0.2, 0.25) is 0 Å². The third-order valence-corrected chi connectivity index (χ3v) is 3.20.